The van der Waals surface area contributed by atoms with Crippen LogP contribution in [0.1, 0.15) is 58.1 Å². The van der Waals surface area contributed by atoms with Crippen LogP contribution in [0.3, 0.4) is 0 Å². The quantitative estimate of drug-likeness (QED) is 0.769. The molecule has 2 unspecified atom stereocenters. The van der Waals surface area contributed by atoms with Gasteiger partial charge in [-0.15, -0.1) is 0 Å². The molecule has 2 heterocycles. The molecule has 0 spiro atoms. The molecule has 144 valence electrons. The van der Waals surface area contributed by atoms with E-state index in [9.17, 15) is 18.0 Å². The molecule has 2 atom stereocenters. The van der Waals surface area contributed by atoms with E-state index in [4.69, 9.17) is 0 Å². The van der Waals surface area contributed by atoms with Gasteiger partial charge >= 0.3 is 6.18 Å². The zero-order valence-electron chi connectivity index (χ0n) is 14.7. The van der Waals surface area contributed by atoms with Gasteiger partial charge in [-0.25, -0.2) is 0 Å². The highest BCUT2D eigenvalue weighted by Crippen LogP contribution is 2.41. The van der Waals surface area contributed by atoms with E-state index in [1.165, 1.54) is 12.1 Å². The van der Waals surface area contributed by atoms with E-state index >= 15 is 0 Å². The first-order valence-corrected chi connectivity index (χ1v) is 9.19. The predicted octanol–water partition coefficient (Wildman–Crippen LogP) is 3.14. The molecule has 1 aromatic carbocycles. The van der Waals surface area contributed by atoms with Crippen molar-refractivity contribution in [3.05, 3.63) is 52.3 Å². The fourth-order valence-corrected chi connectivity index (χ4v) is 4.23. The Morgan fingerprint density at radius 1 is 1.22 bits per heavy atom. The number of rotatable bonds is 3. The summed E-state index contributed by atoms with van der Waals surface area (Å²) >= 11 is 0. The Labute approximate surface area is 154 Å². The van der Waals surface area contributed by atoms with E-state index in [1.807, 2.05) is 0 Å². The Bertz CT molecular complexity index is 846. The molecule has 0 saturated heterocycles. The summed E-state index contributed by atoms with van der Waals surface area (Å²) in [6.45, 7) is 1.40. The summed E-state index contributed by atoms with van der Waals surface area (Å²) in [5.74, 6) is -0.669. The summed E-state index contributed by atoms with van der Waals surface area (Å²) < 4.78 is 40.2. The van der Waals surface area contributed by atoms with Gasteiger partial charge < -0.3 is 10.6 Å². The highest BCUT2D eigenvalue weighted by Gasteiger charge is 2.39. The number of aromatic nitrogens is 2. The molecule has 1 aliphatic carbocycles. The van der Waals surface area contributed by atoms with Gasteiger partial charge in [0.25, 0.3) is 5.91 Å². The molecule has 0 radical (unpaired) electrons. The molecule has 2 aliphatic rings. The number of hydrogen-bond acceptors (Lipinski definition) is 3. The third-order valence-electron chi connectivity index (χ3n) is 5.52. The fourth-order valence-electron chi connectivity index (χ4n) is 4.23. The van der Waals surface area contributed by atoms with E-state index in [-0.39, 0.29) is 23.4 Å². The fraction of sp³-hybridized carbons (Fsp3) is 0.474. The van der Waals surface area contributed by atoms with Crippen molar-refractivity contribution in [2.75, 3.05) is 6.54 Å². The minimum absolute atomic E-state index is 0.263. The molecule has 1 amide bonds. The molecule has 4 rings (SSSR count). The summed E-state index contributed by atoms with van der Waals surface area (Å²) in [5, 5.41) is 13.2. The van der Waals surface area contributed by atoms with Gasteiger partial charge in [0.1, 0.15) is 0 Å². The molecular weight excluding hydrogens is 357 g/mol. The van der Waals surface area contributed by atoms with Gasteiger partial charge in [0.15, 0.2) is 5.69 Å². The van der Waals surface area contributed by atoms with Crippen molar-refractivity contribution in [1.82, 2.24) is 20.8 Å². The molecule has 5 nitrogen and oxygen atoms in total. The number of amides is 1. The van der Waals surface area contributed by atoms with Crippen LogP contribution >= 0.6 is 0 Å². The first-order valence-electron chi connectivity index (χ1n) is 9.19. The SMILES string of the molecule is O=C(NC1CCCC1c1ccccc1C(F)(F)F)c1n[nH]c2c1CNCC2. The van der Waals surface area contributed by atoms with E-state index < -0.39 is 11.7 Å². The summed E-state index contributed by atoms with van der Waals surface area (Å²) in [6.07, 6.45) is -1.56. The van der Waals surface area contributed by atoms with Crippen LogP contribution in [-0.4, -0.2) is 28.7 Å². The zero-order valence-corrected chi connectivity index (χ0v) is 14.7. The van der Waals surface area contributed by atoms with Gasteiger partial charge in [0, 0.05) is 42.7 Å². The molecule has 3 N–H and O–H groups in total. The van der Waals surface area contributed by atoms with Gasteiger partial charge in [0.05, 0.1) is 5.56 Å². The Morgan fingerprint density at radius 3 is 2.85 bits per heavy atom. The van der Waals surface area contributed by atoms with Crippen LogP contribution in [0.5, 0.6) is 0 Å². The maximum absolute atomic E-state index is 13.4. The number of carbonyl (C=O) groups excluding carboxylic acids is 1. The van der Waals surface area contributed by atoms with Gasteiger partial charge in [-0.2, -0.15) is 18.3 Å². The lowest BCUT2D eigenvalue weighted by molar-refractivity contribution is -0.138. The van der Waals surface area contributed by atoms with Crippen LogP contribution in [0.15, 0.2) is 24.3 Å². The average molecular weight is 378 g/mol. The molecule has 1 aromatic heterocycles. The molecule has 1 fully saturated rings. The second-order valence-electron chi connectivity index (χ2n) is 7.16. The van der Waals surface area contributed by atoms with Gasteiger partial charge in [-0.3, -0.25) is 9.89 Å². The maximum atomic E-state index is 13.4. The Morgan fingerprint density at radius 2 is 2.04 bits per heavy atom. The van der Waals surface area contributed by atoms with Crippen LogP contribution < -0.4 is 10.6 Å². The average Bonchev–Trinajstić information content (AvgIpc) is 3.27. The summed E-state index contributed by atoms with van der Waals surface area (Å²) in [7, 11) is 0. The number of nitrogens with zero attached hydrogens (tertiary/aromatic N) is 1. The van der Waals surface area contributed by atoms with Crippen molar-refractivity contribution in [3.8, 4) is 0 Å². The summed E-state index contributed by atoms with van der Waals surface area (Å²) in [6, 6.07) is 5.33. The number of benzene rings is 1. The number of halogens is 3. The molecule has 0 bridgehead atoms. The Balaban J connectivity index is 1.56. The number of aromatic amines is 1. The number of H-pyrrole nitrogens is 1. The largest absolute Gasteiger partial charge is 0.416 e. The second kappa shape index (κ2) is 6.99. The van der Waals surface area contributed by atoms with E-state index in [0.717, 1.165) is 36.7 Å². The van der Waals surface area contributed by atoms with E-state index in [0.29, 0.717) is 25.1 Å². The third-order valence-corrected chi connectivity index (χ3v) is 5.52. The predicted molar refractivity (Wildman–Crippen MR) is 93.3 cm³/mol. The summed E-state index contributed by atoms with van der Waals surface area (Å²) in [5.41, 5.74) is 1.79. The smallest absolute Gasteiger partial charge is 0.347 e. The minimum Gasteiger partial charge on any atom is -0.347 e. The van der Waals surface area contributed by atoms with Gasteiger partial charge in [0.2, 0.25) is 0 Å². The number of carbonyl (C=O) groups is 1. The van der Waals surface area contributed by atoms with E-state index in [1.54, 1.807) is 6.07 Å². The van der Waals surface area contributed by atoms with Crippen molar-refractivity contribution in [2.24, 2.45) is 0 Å². The van der Waals surface area contributed by atoms with Crippen molar-refractivity contribution in [1.29, 1.82) is 0 Å². The van der Waals surface area contributed by atoms with Crippen molar-refractivity contribution in [2.45, 2.75) is 50.4 Å². The van der Waals surface area contributed by atoms with Crippen LogP contribution in [0.25, 0.3) is 0 Å². The Hall–Kier alpha value is -2.35. The second-order valence-corrected chi connectivity index (χ2v) is 7.16. The molecule has 1 saturated carbocycles. The molecular formula is C19H21F3N4O. The highest BCUT2D eigenvalue weighted by atomic mass is 19.4. The lowest BCUT2D eigenvalue weighted by atomic mass is 9.89. The highest BCUT2D eigenvalue weighted by molar-refractivity contribution is 5.94. The zero-order chi connectivity index (χ0) is 19.0. The number of nitrogens with one attached hydrogen (secondary N) is 3. The normalized spacial score (nSPS) is 22.5. The topological polar surface area (TPSA) is 69.8 Å². The van der Waals surface area contributed by atoms with Crippen molar-refractivity contribution < 1.29 is 18.0 Å². The van der Waals surface area contributed by atoms with Crippen LogP contribution in [0.2, 0.25) is 0 Å². The molecule has 2 aromatic rings. The number of fused-ring (bicyclic) bond motifs is 1. The lowest BCUT2D eigenvalue weighted by Crippen LogP contribution is -2.38. The minimum atomic E-state index is -4.40. The van der Waals surface area contributed by atoms with Gasteiger partial charge in [-0.05, 0) is 24.5 Å². The van der Waals surface area contributed by atoms with Crippen LogP contribution in [-0.2, 0) is 19.1 Å². The standard InChI is InChI=1S/C19H21F3N4O/c20-19(21,22)14-6-2-1-4-11(14)12-5-3-7-15(12)24-18(27)17-13-10-23-9-8-16(13)25-26-17/h1-2,4,6,12,15,23H,3,5,7-10H2,(H,24,27)(H,25,26). The first kappa shape index (κ1) is 18.0. The summed E-state index contributed by atoms with van der Waals surface area (Å²) in [4.78, 5) is 12.7. The first-order chi connectivity index (χ1) is 12.9. The number of hydrogen-bond donors (Lipinski definition) is 3. The third kappa shape index (κ3) is 3.45. The van der Waals surface area contributed by atoms with Crippen LogP contribution in [0.4, 0.5) is 13.2 Å². The van der Waals surface area contributed by atoms with Crippen molar-refractivity contribution >= 4 is 5.91 Å². The Kier molecular flexibility index (Phi) is 4.67. The van der Waals surface area contributed by atoms with E-state index in [2.05, 4.69) is 20.8 Å². The van der Waals surface area contributed by atoms with Crippen LogP contribution in [0, 0.1) is 0 Å². The monoisotopic (exact) mass is 378 g/mol. The van der Waals surface area contributed by atoms with Gasteiger partial charge in [-0.1, -0.05) is 24.6 Å². The molecule has 27 heavy (non-hydrogen) atoms. The maximum Gasteiger partial charge on any atom is 0.416 e. The van der Waals surface area contributed by atoms with Crippen molar-refractivity contribution in [3.63, 3.8) is 0 Å². The lowest BCUT2D eigenvalue weighted by Gasteiger charge is -2.24. The molecule has 1 aliphatic heterocycles. The molecule has 8 heteroatoms. The number of alkyl halides is 3.